The molecule has 1 saturated carbocycles. The summed E-state index contributed by atoms with van der Waals surface area (Å²) in [5, 5.41) is 7.64. The molecule has 2 aromatic rings. The summed E-state index contributed by atoms with van der Waals surface area (Å²) in [6, 6.07) is 8.16. The van der Waals surface area contributed by atoms with Gasteiger partial charge in [0.05, 0.1) is 13.0 Å². The summed E-state index contributed by atoms with van der Waals surface area (Å²) in [4.78, 5) is 4.59. The van der Waals surface area contributed by atoms with Crippen molar-refractivity contribution < 1.29 is 9.26 Å². The third-order valence-corrected chi connectivity index (χ3v) is 4.09. The second kappa shape index (κ2) is 6.26. The van der Waals surface area contributed by atoms with E-state index in [1.54, 1.807) is 7.11 Å². The van der Waals surface area contributed by atoms with Gasteiger partial charge in [0.1, 0.15) is 5.75 Å². The summed E-state index contributed by atoms with van der Waals surface area (Å²) in [5.74, 6) is 2.56. The molecule has 0 radical (unpaired) electrons. The van der Waals surface area contributed by atoms with Gasteiger partial charge in [-0.1, -0.05) is 18.5 Å². The van der Waals surface area contributed by atoms with Crippen LogP contribution in [0.2, 0.25) is 0 Å². The Balaban J connectivity index is 1.79. The molecule has 1 aliphatic rings. The number of hydrogen-bond donors (Lipinski definition) is 1. The van der Waals surface area contributed by atoms with Crippen LogP contribution in [0.5, 0.6) is 5.75 Å². The van der Waals surface area contributed by atoms with Crippen molar-refractivity contribution in [3.63, 3.8) is 0 Å². The van der Waals surface area contributed by atoms with E-state index in [2.05, 4.69) is 22.4 Å². The fourth-order valence-corrected chi connectivity index (χ4v) is 3.01. The van der Waals surface area contributed by atoms with Gasteiger partial charge in [0.15, 0.2) is 0 Å². The van der Waals surface area contributed by atoms with Gasteiger partial charge in [-0.05, 0) is 43.7 Å². The molecule has 5 nitrogen and oxygen atoms in total. The summed E-state index contributed by atoms with van der Waals surface area (Å²) < 4.78 is 10.7. The zero-order valence-electron chi connectivity index (χ0n) is 12.5. The van der Waals surface area contributed by atoms with E-state index in [4.69, 9.17) is 9.26 Å². The minimum Gasteiger partial charge on any atom is -0.497 e. The van der Waals surface area contributed by atoms with Crippen LogP contribution >= 0.6 is 0 Å². The number of rotatable bonds is 5. The SMILES string of the molecule is CCNC1CCCC1c1nc(-c2ccc(OC)cc2)no1. The van der Waals surface area contributed by atoms with Gasteiger partial charge >= 0.3 is 0 Å². The van der Waals surface area contributed by atoms with Crippen LogP contribution in [0.15, 0.2) is 28.8 Å². The number of nitrogens with zero attached hydrogens (tertiary/aromatic N) is 2. The van der Waals surface area contributed by atoms with Gasteiger partial charge in [0, 0.05) is 11.6 Å². The van der Waals surface area contributed by atoms with Gasteiger partial charge in [-0.2, -0.15) is 4.98 Å². The summed E-state index contributed by atoms with van der Waals surface area (Å²) in [6.45, 7) is 3.10. The highest BCUT2D eigenvalue weighted by Gasteiger charge is 2.32. The summed E-state index contributed by atoms with van der Waals surface area (Å²) in [6.07, 6.45) is 3.50. The number of nitrogens with one attached hydrogen (secondary N) is 1. The first-order valence-corrected chi connectivity index (χ1v) is 7.53. The Labute approximate surface area is 124 Å². The lowest BCUT2D eigenvalue weighted by Gasteiger charge is -2.16. The third-order valence-electron chi connectivity index (χ3n) is 4.09. The summed E-state index contributed by atoms with van der Waals surface area (Å²) in [7, 11) is 1.66. The predicted molar refractivity (Wildman–Crippen MR) is 80.3 cm³/mol. The average molecular weight is 287 g/mol. The molecule has 2 unspecified atom stereocenters. The van der Waals surface area contributed by atoms with Gasteiger partial charge in [0.25, 0.3) is 0 Å². The lowest BCUT2D eigenvalue weighted by atomic mass is 10.0. The molecule has 0 spiro atoms. The molecule has 2 atom stereocenters. The predicted octanol–water partition coefficient (Wildman–Crippen LogP) is 2.99. The van der Waals surface area contributed by atoms with Crippen molar-refractivity contribution in [1.82, 2.24) is 15.5 Å². The molecule has 21 heavy (non-hydrogen) atoms. The van der Waals surface area contributed by atoms with Crippen molar-refractivity contribution >= 4 is 0 Å². The van der Waals surface area contributed by atoms with E-state index in [0.29, 0.717) is 17.8 Å². The Morgan fingerprint density at radius 1 is 1.29 bits per heavy atom. The molecule has 1 heterocycles. The van der Waals surface area contributed by atoms with Crippen molar-refractivity contribution in [1.29, 1.82) is 0 Å². The van der Waals surface area contributed by atoms with E-state index in [1.807, 2.05) is 24.3 Å². The molecule has 1 N–H and O–H groups in total. The van der Waals surface area contributed by atoms with Crippen LogP contribution in [-0.4, -0.2) is 29.8 Å². The van der Waals surface area contributed by atoms with Gasteiger partial charge in [0.2, 0.25) is 11.7 Å². The zero-order chi connectivity index (χ0) is 14.7. The number of ether oxygens (including phenoxy) is 1. The Kier molecular flexibility index (Phi) is 4.20. The van der Waals surface area contributed by atoms with E-state index in [9.17, 15) is 0 Å². The molecule has 1 aliphatic carbocycles. The first kappa shape index (κ1) is 14.1. The van der Waals surface area contributed by atoms with Crippen LogP contribution in [0, 0.1) is 0 Å². The monoisotopic (exact) mass is 287 g/mol. The minimum absolute atomic E-state index is 0.337. The van der Waals surface area contributed by atoms with E-state index in [-0.39, 0.29) is 0 Å². The Bertz CT molecular complexity index is 579. The van der Waals surface area contributed by atoms with Crippen LogP contribution < -0.4 is 10.1 Å². The molecular weight excluding hydrogens is 266 g/mol. The highest BCUT2D eigenvalue weighted by Crippen LogP contribution is 2.34. The quantitative estimate of drug-likeness (QED) is 0.916. The highest BCUT2D eigenvalue weighted by molar-refractivity contribution is 5.55. The second-order valence-electron chi connectivity index (χ2n) is 5.39. The fraction of sp³-hybridized carbons (Fsp3) is 0.500. The molecule has 3 rings (SSSR count). The smallest absolute Gasteiger partial charge is 0.231 e. The standard InChI is InChI=1S/C16H21N3O2/c1-3-17-14-6-4-5-13(14)16-18-15(19-21-16)11-7-9-12(20-2)10-8-11/h7-10,13-14,17H,3-6H2,1-2H3. The largest absolute Gasteiger partial charge is 0.497 e. The number of benzene rings is 1. The van der Waals surface area contributed by atoms with Crippen LogP contribution in [0.4, 0.5) is 0 Å². The van der Waals surface area contributed by atoms with Crippen LogP contribution in [0.1, 0.15) is 38.0 Å². The topological polar surface area (TPSA) is 60.2 Å². The van der Waals surface area contributed by atoms with Crippen molar-refractivity contribution in [2.45, 2.75) is 38.1 Å². The van der Waals surface area contributed by atoms with Crippen LogP contribution in [0.25, 0.3) is 11.4 Å². The molecule has 1 fully saturated rings. The maximum Gasteiger partial charge on any atom is 0.231 e. The average Bonchev–Trinajstić information content (AvgIpc) is 3.16. The molecule has 1 aromatic heterocycles. The van der Waals surface area contributed by atoms with Crippen molar-refractivity contribution in [2.24, 2.45) is 0 Å². The number of likely N-dealkylation sites (N-methyl/N-ethyl adjacent to an activating group) is 1. The molecule has 5 heteroatoms. The lowest BCUT2D eigenvalue weighted by molar-refractivity contribution is 0.332. The molecule has 112 valence electrons. The number of aromatic nitrogens is 2. The first-order valence-electron chi connectivity index (χ1n) is 7.53. The van der Waals surface area contributed by atoms with E-state index < -0.39 is 0 Å². The maximum absolute atomic E-state index is 5.50. The molecule has 1 aromatic carbocycles. The Morgan fingerprint density at radius 2 is 2.10 bits per heavy atom. The lowest BCUT2D eigenvalue weighted by Crippen LogP contribution is -2.31. The number of methoxy groups -OCH3 is 1. The molecule has 0 bridgehead atoms. The fourth-order valence-electron chi connectivity index (χ4n) is 3.01. The Hall–Kier alpha value is -1.88. The second-order valence-corrected chi connectivity index (χ2v) is 5.39. The highest BCUT2D eigenvalue weighted by atomic mass is 16.5. The van der Waals surface area contributed by atoms with Gasteiger partial charge < -0.3 is 14.6 Å². The van der Waals surface area contributed by atoms with Gasteiger partial charge in [-0.15, -0.1) is 0 Å². The van der Waals surface area contributed by atoms with E-state index in [1.165, 1.54) is 12.8 Å². The van der Waals surface area contributed by atoms with Gasteiger partial charge in [-0.25, -0.2) is 0 Å². The van der Waals surface area contributed by atoms with Gasteiger partial charge in [-0.3, -0.25) is 0 Å². The van der Waals surface area contributed by atoms with E-state index in [0.717, 1.165) is 30.2 Å². The van der Waals surface area contributed by atoms with Crippen molar-refractivity contribution in [2.75, 3.05) is 13.7 Å². The molecular formula is C16H21N3O2. The summed E-state index contributed by atoms with van der Waals surface area (Å²) >= 11 is 0. The first-order chi connectivity index (χ1) is 10.3. The Morgan fingerprint density at radius 3 is 2.81 bits per heavy atom. The minimum atomic E-state index is 0.337. The van der Waals surface area contributed by atoms with Crippen molar-refractivity contribution in [3.8, 4) is 17.1 Å². The third kappa shape index (κ3) is 2.93. The molecule has 0 amide bonds. The van der Waals surface area contributed by atoms with E-state index >= 15 is 0 Å². The van der Waals surface area contributed by atoms with Crippen LogP contribution in [-0.2, 0) is 0 Å². The number of hydrogen-bond acceptors (Lipinski definition) is 5. The van der Waals surface area contributed by atoms with Crippen molar-refractivity contribution in [3.05, 3.63) is 30.2 Å². The van der Waals surface area contributed by atoms with Crippen LogP contribution in [0.3, 0.4) is 0 Å². The normalized spacial score (nSPS) is 21.6. The zero-order valence-corrected chi connectivity index (χ0v) is 12.5. The molecule has 0 saturated heterocycles. The molecule has 0 aliphatic heterocycles. The summed E-state index contributed by atoms with van der Waals surface area (Å²) in [5.41, 5.74) is 0.948. The maximum atomic E-state index is 5.50.